The molecule has 2 aromatic rings. The fourth-order valence-corrected chi connectivity index (χ4v) is 2.31. The first kappa shape index (κ1) is 12.7. The van der Waals surface area contributed by atoms with Crippen molar-refractivity contribution in [2.75, 3.05) is 36.9 Å². The van der Waals surface area contributed by atoms with Gasteiger partial charge in [0.05, 0.1) is 30.3 Å². The van der Waals surface area contributed by atoms with Crippen LogP contribution in [0.25, 0.3) is 11.3 Å². The molecule has 0 aliphatic carbocycles. The molecule has 0 amide bonds. The zero-order valence-electron chi connectivity index (χ0n) is 11.0. The molecular weight excluding hydrogens is 256 g/mol. The lowest BCUT2D eigenvalue weighted by molar-refractivity contribution is 0.123. The van der Waals surface area contributed by atoms with Gasteiger partial charge in [-0.1, -0.05) is 6.07 Å². The monoisotopic (exact) mass is 272 g/mol. The Hall–Kier alpha value is -2.34. The van der Waals surface area contributed by atoms with Crippen molar-refractivity contribution < 1.29 is 4.74 Å². The standard InChI is InChI=1S/C14H16N4O2/c15-11-9-10(12-2-4-14(19)17-16-12)1-3-13(11)18-5-7-20-8-6-18/h1-4,9H,5-8,15H2,(H,17,19). The van der Waals surface area contributed by atoms with Crippen molar-refractivity contribution >= 4 is 11.4 Å². The Morgan fingerprint density at radius 1 is 1.20 bits per heavy atom. The van der Waals surface area contributed by atoms with E-state index >= 15 is 0 Å². The molecule has 0 saturated carbocycles. The first-order chi connectivity index (χ1) is 9.74. The zero-order chi connectivity index (χ0) is 13.9. The Labute approximate surface area is 116 Å². The van der Waals surface area contributed by atoms with E-state index in [1.54, 1.807) is 6.07 Å². The predicted molar refractivity (Wildman–Crippen MR) is 77.7 cm³/mol. The maximum atomic E-state index is 11.0. The largest absolute Gasteiger partial charge is 0.397 e. The molecule has 1 aliphatic heterocycles. The third kappa shape index (κ3) is 2.50. The maximum absolute atomic E-state index is 11.0. The average Bonchev–Trinajstić information content (AvgIpc) is 2.49. The van der Waals surface area contributed by atoms with Crippen LogP contribution in [0.15, 0.2) is 35.1 Å². The molecule has 20 heavy (non-hydrogen) atoms. The average molecular weight is 272 g/mol. The number of ether oxygens (including phenoxy) is 1. The number of rotatable bonds is 2. The second-order valence-electron chi connectivity index (χ2n) is 4.68. The summed E-state index contributed by atoms with van der Waals surface area (Å²) in [4.78, 5) is 13.2. The summed E-state index contributed by atoms with van der Waals surface area (Å²) in [5.41, 5.74) is 9.23. The third-order valence-corrected chi connectivity index (χ3v) is 3.35. The Bertz CT molecular complexity index is 642. The summed E-state index contributed by atoms with van der Waals surface area (Å²) < 4.78 is 5.34. The molecule has 2 heterocycles. The molecule has 0 spiro atoms. The fraction of sp³-hybridized carbons (Fsp3) is 0.286. The van der Waals surface area contributed by atoms with E-state index in [0.717, 1.165) is 37.6 Å². The Kier molecular flexibility index (Phi) is 3.39. The number of aromatic nitrogens is 2. The van der Waals surface area contributed by atoms with Crippen molar-refractivity contribution in [3.05, 3.63) is 40.7 Å². The van der Waals surface area contributed by atoms with Crippen molar-refractivity contribution in [1.29, 1.82) is 0 Å². The Morgan fingerprint density at radius 2 is 2.00 bits per heavy atom. The normalized spacial score (nSPS) is 15.3. The van der Waals surface area contributed by atoms with Gasteiger partial charge in [-0.05, 0) is 18.2 Å². The number of H-pyrrole nitrogens is 1. The van der Waals surface area contributed by atoms with E-state index in [0.29, 0.717) is 11.4 Å². The molecule has 1 saturated heterocycles. The minimum absolute atomic E-state index is 0.216. The second-order valence-corrected chi connectivity index (χ2v) is 4.68. The molecule has 6 heteroatoms. The molecule has 0 radical (unpaired) electrons. The quantitative estimate of drug-likeness (QED) is 0.792. The van der Waals surface area contributed by atoms with Gasteiger partial charge in [-0.3, -0.25) is 4.79 Å². The summed E-state index contributed by atoms with van der Waals surface area (Å²) in [5, 5.41) is 6.43. The van der Waals surface area contributed by atoms with E-state index in [4.69, 9.17) is 10.5 Å². The molecule has 1 fully saturated rings. The minimum Gasteiger partial charge on any atom is -0.397 e. The number of morpholine rings is 1. The van der Waals surface area contributed by atoms with Gasteiger partial charge < -0.3 is 15.4 Å². The first-order valence-electron chi connectivity index (χ1n) is 6.52. The number of benzene rings is 1. The number of hydrogen-bond donors (Lipinski definition) is 2. The molecule has 1 aromatic heterocycles. The SMILES string of the molecule is Nc1cc(-c2ccc(=O)[nH]n2)ccc1N1CCOCC1. The van der Waals surface area contributed by atoms with Crippen molar-refractivity contribution in [3.63, 3.8) is 0 Å². The predicted octanol–water partition coefficient (Wildman–Crippen LogP) is 0.856. The molecular formula is C14H16N4O2. The van der Waals surface area contributed by atoms with E-state index in [1.807, 2.05) is 18.2 Å². The van der Waals surface area contributed by atoms with Gasteiger partial charge >= 0.3 is 0 Å². The van der Waals surface area contributed by atoms with Crippen LogP contribution in [0.2, 0.25) is 0 Å². The minimum atomic E-state index is -0.216. The molecule has 6 nitrogen and oxygen atoms in total. The van der Waals surface area contributed by atoms with E-state index in [9.17, 15) is 4.79 Å². The number of nitrogens with zero attached hydrogens (tertiary/aromatic N) is 2. The van der Waals surface area contributed by atoms with Crippen molar-refractivity contribution in [1.82, 2.24) is 10.2 Å². The van der Waals surface area contributed by atoms with E-state index < -0.39 is 0 Å². The lowest BCUT2D eigenvalue weighted by atomic mass is 10.1. The van der Waals surface area contributed by atoms with Crippen LogP contribution in [0.4, 0.5) is 11.4 Å². The van der Waals surface area contributed by atoms with Crippen LogP contribution >= 0.6 is 0 Å². The number of nitrogen functional groups attached to an aromatic ring is 1. The van der Waals surface area contributed by atoms with Crippen LogP contribution in [0, 0.1) is 0 Å². The van der Waals surface area contributed by atoms with Gasteiger partial charge in [-0.25, -0.2) is 5.10 Å². The molecule has 0 unspecified atom stereocenters. The van der Waals surface area contributed by atoms with Crippen LogP contribution in [-0.4, -0.2) is 36.5 Å². The number of aromatic amines is 1. The number of nitrogens with one attached hydrogen (secondary N) is 1. The summed E-state index contributed by atoms with van der Waals surface area (Å²) in [7, 11) is 0. The summed E-state index contributed by atoms with van der Waals surface area (Å²) in [6.07, 6.45) is 0. The van der Waals surface area contributed by atoms with Gasteiger partial charge in [-0.2, -0.15) is 5.10 Å². The van der Waals surface area contributed by atoms with Crippen LogP contribution in [0.3, 0.4) is 0 Å². The molecule has 1 aliphatic rings. The smallest absolute Gasteiger partial charge is 0.264 e. The fourth-order valence-electron chi connectivity index (χ4n) is 2.31. The highest BCUT2D eigenvalue weighted by Gasteiger charge is 2.14. The van der Waals surface area contributed by atoms with E-state index in [-0.39, 0.29) is 5.56 Å². The molecule has 0 atom stereocenters. The van der Waals surface area contributed by atoms with E-state index in [2.05, 4.69) is 15.1 Å². The van der Waals surface area contributed by atoms with Gasteiger partial charge in [0.25, 0.3) is 5.56 Å². The molecule has 104 valence electrons. The van der Waals surface area contributed by atoms with Crippen LogP contribution < -0.4 is 16.2 Å². The van der Waals surface area contributed by atoms with Crippen LogP contribution in [-0.2, 0) is 4.74 Å². The second kappa shape index (κ2) is 5.34. The summed E-state index contributed by atoms with van der Waals surface area (Å²) in [5.74, 6) is 0. The van der Waals surface area contributed by atoms with Crippen molar-refractivity contribution in [3.8, 4) is 11.3 Å². The van der Waals surface area contributed by atoms with Crippen molar-refractivity contribution in [2.24, 2.45) is 0 Å². The summed E-state index contributed by atoms with van der Waals surface area (Å²) >= 11 is 0. The van der Waals surface area contributed by atoms with Crippen LogP contribution in [0.5, 0.6) is 0 Å². The first-order valence-corrected chi connectivity index (χ1v) is 6.52. The molecule has 3 N–H and O–H groups in total. The Balaban J connectivity index is 1.90. The van der Waals surface area contributed by atoms with Crippen molar-refractivity contribution in [2.45, 2.75) is 0 Å². The number of nitrogens with two attached hydrogens (primary N) is 1. The van der Waals surface area contributed by atoms with Gasteiger partial charge in [-0.15, -0.1) is 0 Å². The lowest BCUT2D eigenvalue weighted by Crippen LogP contribution is -2.36. The maximum Gasteiger partial charge on any atom is 0.264 e. The molecule has 0 bridgehead atoms. The highest BCUT2D eigenvalue weighted by molar-refractivity contribution is 5.75. The summed E-state index contributed by atoms with van der Waals surface area (Å²) in [6.45, 7) is 3.15. The van der Waals surface area contributed by atoms with Gasteiger partial charge in [0.2, 0.25) is 0 Å². The highest BCUT2D eigenvalue weighted by atomic mass is 16.5. The lowest BCUT2D eigenvalue weighted by Gasteiger charge is -2.30. The Morgan fingerprint density at radius 3 is 2.65 bits per heavy atom. The third-order valence-electron chi connectivity index (χ3n) is 3.35. The van der Waals surface area contributed by atoms with Gasteiger partial charge in [0, 0.05) is 24.7 Å². The highest BCUT2D eigenvalue weighted by Crippen LogP contribution is 2.28. The van der Waals surface area contributed by atoms with Crippen LogP contribution in [0.1, 0.15) is 0 Å². The summed E-state index contributed by atoms with van der Waals surface area (Å²) in [6, 6.07) is 8.96. The number of anilines is 2. The molecule has 3 rings (SSSR count). The van der Waals surface area contributed by atoms with E-state index in [1.165, 1.54) is 6.07 Å². The topological polar surface area (TPSA) is 84.2 Å². The molecule has 1 aromatic carbocycles. The van der Waals surface area contributed by atoms with Gasteiger partial charge in [0.15, 0.2) is 0 Å². The zero-order valence-corrected chi connectivity index (χ0v) is 11.0. The van der Waals surface area contributed by atoms with Gasteiger partial charge in [0.1, 0.15) is 0 Å². The number of hydrogen-bond acceptors (Lipinski definition) is 5.